The quantitative estimate of drug-likeness (QED) is 0.0596. The van der Waals surface area contributed by atoms with Crippen molar-refractivity contribution in [1.29, 1.82) is 0 Å². The second-order valence-corrected chi connectivity index (χ2v) is 15.0. The van der Waals surface area contributed by atoms with Crippen LogP contribution >= 0.6 is 0 Å². The smallest absolute Gasteiger partial charge is 0.243 e. The summed E-state index contributed by atoms with van der Waals surface area (Å²) in [6.07, 6.45) is 22.1. The topological polar surface area (TPSA) is 220 Å². The summed E-state index contributed by atoms with van der Waals surface area (Å²) in [6, 6.07) is -4.93. The first-order chi connectivity index (χ1) is 26.3. The summed E-state index contributed by atoms with van der Waals surface area (Å²) in [5, 5.41) is 13.5. The molecular formula is C40H67N9O6. The third-order valence-corrected chi connectivity index (χ3v) is 9.72. The fourth-order valence-corrected chi connectivity index (χ4v) is 6.09. The summed E-state index contributed by atoms with van der Waals surface area (Å²) in [5.74, 6) is -3.25. The lowest BCUT2D eigenvalue weighted by Gasteiger charge is -2.27. The van der Waals surface area contributed by atoms with Gasteiger partial charge >= 0.3 is 0 Å². The average Bonchev–Trinajstić information content (AvgIpc) is 3.86. The highest BCUT2D eigenvalue weighted by atomic mass is 16.2. The van der Waals surface area contributed by atoms with Gasteiger partial charge in [-0.1, -0.05) is 97.8 Å². The molecule has 15 heteroatoms. The number of nitrogens with zero attached hydrogens (tertiary/aromatic N) is 2. The van der Waals surface area contributed by atoms with Gasteiger partial charge in [0.15, 0.2) is 5.78 Å². The van der Waals surface area contributed by atoms with Crippen LogP contribution in [0.15, 0.2) is 25.0 Å². The molecule has 55 heavy (non-hydrogen) atoms. The molecule has 15 nitrogen and oxygen atoms in total. The van der Waals surface area contributed by atoms with Crippen LogP contribution in [0.5, 0.6) is 0 Å². The molecule has 2 aromatic rings. The zero-order valence-electron chi connectivity index (χ0n) is 33.9. The van der Waals surface area contributed by atoms with Crippen molar-refractivity contribution in [3.05, 3.63) is 36.4 Å². The van der Waals surface area contributed by atoms with Crippen LogP contribution in [-0.4, -0.2) is 85.5 Å². The van der Waals surface area contributed by atoms with E-state index in [-0.39, 0.29) is 24.5 Å². The Morgan fingerprint density at radius 1 is 0.564 bits per heavy atom. The summed E-state index contributed by atoms with van der Waals surface area (Å²) < 4.78 is 0. The minimum Gasteiger partial charge on any atom is -0.348 e. The Hall–Kier alpha value is -4.56. The predicted molar refractivity (Wildman–Crippen MR) is 211 cm³/mol. The third kappa shape index (κ3) is 19.0. The summed E-state index contributed by atoms with van der Waals surface area (Å²) in [4.78, 5) is 92.0. The molecule has 0 saturated carbocycles. The standard InChI is InChI=1S/C40H67N9O6/c1-7-8-9-10-11-12-13-14-15-16-17-18-19-20-35(51)47-33(21-31-23-41-25-43-31)38(53)46-29(5)37(52)49-36(27(2)3)40(55)48-34(22-32-24-42-26-44-32)39(54)45-28(4)30(6)50/h23-29,33-34,36H,7-22H2,1-6H3,(H,41,43)(H,42,44)(H,45,54)(H,46,53)(H,47,51)(H,48,55)(H,49,52)/t28-,29-,33-,34-,36-/m0/s1. The monoisotopic (exact) mass is 770 g/mol. The molecule has 0 aromatic carbocycles. The van der Waals surface area contributed by atoms with Gasteiger partial charge in [0.05, 0.1) is 18.7 Å². The van der Waals surface area contributed by atoms with Crippen molar-refractivity contribution in [2.75, 3.05) is 0 Å². The lowest BCUT2D eigenvalue weighted by molar-refractivity contribution is -0.135. The van der Waals surface area contributed by atoms with Gasteiger partial charge in [-0.05, 0) is 33.1 Å². The van der Waals surface area contributed by atoms with E-state index in [1.54, 1.807) is 27.0 Å². The van der Waals surface area contributed by atoms with Crippen molar-refractivity contribution in [1.82, 2.24) is 46.5 Å². The van der Waals surface area contributed by atoms with Crippen LogP contribution in [0.3, 0.4) is 0 Å². The van der Waals surface area contributed by atoms with Crippen LogP contribution in [0.1, 0.15) is 143 Å². The lowest BCUT2D eigenvalue weighted by atomic mass is 10.0. The number of amides is 5. The summed E-state index contributed by atoms with van der Waals surface area (Å²) in [5.41, 5.74) is 1.22. The Morgan fingerprint density at radius 3 is 1.45 bits per heavy atom. The van der Waals surface area contributed by atoms with E-state index >= 15 is 0 Å². The van der Waals surface area contributed by atoms with Crippen LogP contribution in [0.2, 0.25) is 0 Å². The van der Waals surface area contributed by atoms with E-state index in [9.17, 15) is 28.8 Å². The first kappa shape index (κ1) is 46.6. The molecule has 5 atom stereocenters. The van der Waals surface area contributed by atoms with E-state index in [0.29, 0.717) is 17.8 Å². The minimum atomic E-state index is -1.07. The Labute approximate surface area is 326 Å². The van der Waals surface area contributed by atoms with Gasteiger partial charge in [-0.3, -0.25) is 28.8 Å². The highest BCUT2D eigenvalue weighted by Crippen LogP contribution is 2.13. The fourth-order valence-electron chi connectivity index (χ4n) is 6.09. The number of aromatic amines is 2. The summed E-state index contributed by atoms with van der Waals surface area (Å²) in [6.45, 7) is 10.1. The zero-order valence-corrected chi connectivity index (χ0v) is 33.9. The van der Waals surface area contributed by atoms with E-state index in [4.69, 9.17) is 0 Å². The molecule has 0 aliphatic carbocycles. The number of nitrogens with one attached hydrogen (secondary N) is 7. The van der Waals surface area contributed by atoms with E-state index in [1.807, 2.05) is 0 Å². The van der Waals surface area contributed by atoms with Crippen LogP contribution in [-0.2, 0) is 41.6 Å². The Morgan fingerprint density at radius 2 is 1.02 bits per heavy atom. The van der Waals surface area contributed by atoms with Crippen molar-refractivity contribution in [2.24, 2.45) is 5.92 Å². The second-order valence-electron chi connectivity index (χ2n) is 15.0. The van der Waals surface area contributed by atoms with Crippen molar-refractivity contribution in [3.63, 3.8) is 0 Å². The molecule has 0 saturated heterocycles. The fraction of sp³-hybridized carbons (Fsp3) is 0.700. The summed E-state index contributed by atoms with van der Waals surface area (Å²) in [7, 11) is 0. The van der Waals surface area contributed by atoms with Gasteiger partial charge in [0.1, 0.15) is 24.2 Å². The molecule has 0 aliphatic heterocycles. The minimum absolute atomic E-state index is 0.0657. The number of unbranched alkanes of at least 4 members (excludes halogenated alkanes) is 12. The zero-order chi connectivity index (χ0) is 40.6. The maximum absolute atomic E-state index is 13.5. The molecule has 7 N–H and O–H groups in total. The Bertz CT molecular complexity index is 1430. The van der Waals surface area contributed by atoms with Crippen LogP contribution in [0, 0.1) is 5.92 Å². The molecule has 0 radical (unpaired) electrons. The molecule has 0 unspecified atom stereocenters. The molecule has 0 fully saturated rings. The van der Waals surface area contributed by atoms with E-state index < -0.39 is 59.8 Å². The predicted octanol–water partition coefficient (Wildman–Crippen LogP) is 4.11. The Kier molecular flexibility index (Phi) is 22.3. The van der Waals surface area contributed by atoms with Crippen molar-refractivity contribution in [2.45, 2.75) is 174 Å². The number of imidazole rings is 2. The van der Waals surface area contributed by atoms with E-state index in [2.05, 4.69) is 53.4 Å². The maximum atomic E-state index is 13.5. The van der Waals surface area contributed by atoms with Crippen molar-refractivity contribution < 1.29 is 28.8 Å². The second kappa shape index (κ2) is 26.3. The van der Waals surface area contributed by atoms with Gasteiger partial charge in [-0.25, -0.2) is 9.97 Å². The van der Waals surface area contributed by atoms with Gasteiger partial charge in [0.25, 0.3) is 0 Å². The number of carbonyl (C=O) groups excluding carboxylic acids is 6. The molecule has 0 spiro atoms. The summed E-state index contributed by atoms with van der Waals surface area (Å²) >= 11 is 0. The first-order valence-corrected chi connectivity index (χ1v) is 20.3. The number of hydrogen-bond acceptors (Lipinski definition) is 8. The van der Waals surface area contributed by atoms with Gasteiger partial charge in [-0.2, -0.15) is 0 Å². The van der Waals surface area contributed by atoms with E-state index in [0.717, 1.165) is 25.7 Å². The van der Waals surface area contributed by atoms with Crippen LogP contribution < -0.4 is 26.6 Å². The number of carbonyl (C=O) groups is 6. The number of ketones is 1. The molecule has 2 heterocycles. The van der Waals surface area contributed by atoms with Crippen molar-refractivity contribution in [3.8, 4) is 0 Å². The Balaban J connectivity index is 1.91. The molecule has 0 aliphatic rings. The molecule has 2 rings (SSSR count). The number of H-pyrrole nitrogens is 2. The largest absolute Gasteiger partial charge is 0.348 e. The lowest BCUT2D eigenvalue weighted by Crippen LogP contribution is -2.59. The molecule has 2 aromatic heterocycles. The molecule has 5 amide bonds. The maximum Gasteiger partial charge on any atom is 0.243 e. The average molecular weight is 770 g/mol. The number of Topliss-reactive ketones (excluding diaryl/α,β-unsaturated/α-hetero) is 1. The van der Waals surface area contributed by atoms with Crippen LogP contribution in [0.4, 0.5) is 0 Å². The molecule has 0 bridgehead atoms. The first-order valence-electron chi connectivity index (χ1n) is 20.3. The SMILES string of the molecule is CCCCCCCCCCCCCCCC(=O)N[C@@H](Cc1cnc[nH]1)C(=O)N[C@@H](C)C(=O)N[C@H](C(=O)N[C@@H](Cc1cnc[nH]1)C(=O)N[C@@H](C)C(C)=O)C(C)C. The van der Waals surface area contributed by atoms with Crippen molar-refractivity contribution >= 4 is 35.3 Å². The third-order valence-electron chi connectivity index (χ3n) is 9.72. The highest BCUT2D eigenvalue weighted by Gasteiger charge is 2.32. The number of aromatic nitrogens is 4. The van der Waals surface area contributed by atoms with Gasteiger partial charge in [0, 0.05) is 43.0 Å². The normalized spacial score (nSPS) is 13.9. The number of hydrogen-bond donors (Lipinski definition) is 7. The number of rotatable bonds is 29. The highest BCUT2D eigenvalue weighted by molar-refractivity contribution is 5.96. The molecular weight excluding hydrogens is 702 g/mol. The van der Waals surface area contributed by atoms with Gasteiger partial charge < -0.3 is 36.6 Å². The molecule has 308 valence electrons. The van der Waals surface area contributed by atoms with Gasteiger partial charge in [-0.15, -0.1) is 0 Å². The van der Waals surface area contributed by atoms with Gasteiger partial charge in [0.2, 0.25) is 29.5 Å². The van der Waals surface area contributed by atoms with E-state index in [1.165, 1.54) is 90.5 Å². The van der Waals surface area contributed by atoms with Crippen LogP contribution in [0.25, 0.3) is 0 Å².